The summed E-state index contributed by atoms with van der Waals surface area (Å²) in [5.74, 6) is 0.220. The highest BCUT2D eigenvalue weighted by Crippen LogP contribution is 2.33. The Balaban J connectivity index is 1.80. The molecular weight excluding hydrogens is 292 g/mol. The predicted octanol–water partition coefficient (Wildman–Crippen LogP) is 4.91. The lowest BCUT2D eigenvalue weighted by Crippen LogP contribution is -1.80. The van der Waals surface area contributed by atoms with Gasteiger partial charge in [0.2, 0.25) is 5.13 Å². The topological polar surface area (TPSA) is 45.5 Å². The van der Waals surface area contributed by atoms with Gasteiger partial charge in [-0.25, -0.2) is 9.98 Å². The third-order valence-electron chi connectivity index (χ3n) is 3.52. The lowest BCUT2D eigenvalue weighted by atomic mass is 10.1. The molecule has 4 heteroatoms. The molecule has 0 aliphatic heterocycles. The fraction of sp³-hybridized carbons (Fsp3) is 0. The Labute approximate surface area is 131 Å². The van der Waals surface area contributed by atoms with E-state index in [0.717, 1.165) is 15.6 Å². The smallest absolute Gasteiger partial charge is 0.210 e. The van der Waals surface area contributed by atoms with Crippen molar-refractivity contribution in [2.75, 3.05) is 0 Å². The second-order valence-electron chi connectivity index (χ2n) is 4.95. The molecule has 1 aromatic heterocycles. The van der Waals surface area contributed by atoms with Crippen LogP contribution in [-0.2, 0) is 0 Å². The first-order chi connectivity index (χ1) is 10.8. The zero-order valence-corrected chi connectivity index (χ0v) is 12.4. The Hall–Kier alpha value is -2.72. The average Bonchev–Trinajstić information content (AvgIpc) is 2.98. The first kappa shape index (κ1) is 13.0. The number of phenols is 1. The van der Waals surface area contributed by atoms with Gasteiger partial charge in [-0.3, -0.25) is 0 Å². The number of rotatable bonds is 2. The molecule has 0 bridgehead atoms. The number of fused-ring (bicyclic) bond motifs is 3. The van der Waals surface area contributed by atoms with Gasteiger partial charge in [-0.05, 0) is 23.6 Å². The average molecular weight is 304 g/mol. The summed E-state index contributed by atoms with van der Waals surface area (Å²) in [7, 11) is 0. The van der Waals surface area contributed by atoms with Crippen LogP contribution < -0.4 is 0 Å². The van der Waals surface area contributed by atoms with Crippen LogP contribution in [0.5, 0.6) is 5.75 Å². The lowest BCUT2D eigenvalue weighted by molar-refractivity contribution is 0.474. The summed E-state index contributed by atoms with van der Waals surface area (Å²) >= 11 is 1.55. The van der Waals surface area contributed by atoms with Gasteiger partial charge in [0, 0.05) is 17.2 Å². The number of hydrogen-bond donors (Lipinski definition) is 1. The summed E-state index contributed by atoms with van der Waals surface area (Å²) in [6.07, 6.45) is 1.65. The molecule has 3 nitrogen and oxygen atoms in total. The molecule has 4 rings (SSSR count). The van der Waals surface area contributed by atoms with Crippen molar-refractivity contribution in [1.82, 2.24) is 4.98 Å². The Morgan fingerprint density at radius 2 is 1.77 bits per heavy atom. The van der Waals surface area contributed by atoms with Crippen molar-refractivity contribution < 1.29 is 5.11 Å². The van der Waals surface area contributed by atoms with Gasteiger partial charge in [0.25, 0.3) is 0 Å². The van der Waals surface area contributed by atoms with E-state index in [2.05, 4.69) is 34.2 Å². The minimum atomic E-state index is 0.220. The Kier molecular flexibility index (Phi) is 3.09. The molecule has 0 saturated carbocycles. The Morgan fingerprint density at radius 3 is 2.68 bits per heavy atom. The molecule has 0 aliphatic carbocycles. The fourth-order valence-corrected chi connectivity index (χ4v) is 3.25. The number of para-hydroxylation sites is 1. The molecule has 0 unspecified atom stereocenters. The third kappa shape index (κ3) is 2.23. The SMILES string of the molecule is Oc1ccccc1/C=N/c1nc2c(ccc3ccccc32)s1. The van der Waals surface area contributed by atoms with Crippen molar-refractivity contribution >= 4 is 43.7 Å². The molecule has 0 saturated heterocycles. The molecule has 0 radical (unpaired) electrons. The van der Waals surface area contributed by atoms with Crippen LogP contribution in [0.4, 0.5) is 5.13 Å². The second kappa shape index (κ2) is 5.24. The van der Waals surface area contributed by atoms with Crippen LogP contribution in [0.15, 0.2) is 65.7 Å². The van der Waals surface area contributed by atoms with Gasteiger partial charge in [0.15, 0.2) is 0 Å². The molecule has 3 aromatic carbocycles. The van der Waals surface area contributed by atoms with E-state index in [9.17, 15) is 5.11 Å². The van der Waals surface area contributed by atoms with Crippen molar-refractivity contribution in [3.8, 4) is 5.75 Å². The molecule has 0 aliphatic rings. The molecule has 0 spiro atoms. The van der Waals surface area contributed by atoms with Gasteiger partial charge in [-0.2, -0.15) is 0 Å². The van der Waals surface area contributed by atoms with Crippen LogP contribution in [0.1, 0.15) is 5.56 Å². The van der Waals surface area contributed by atoms with E-state index >= 15 is 0 Å². The normalized spacial score (nSPS) is 11.6. The molecular formula is C18H12N2OS. The van der Waals surface area contributed by atoms with E-state index < -0.39 is 0 Å². The summed E-state index contributed by atoms with van der Waals surface area (Å²) in [6.45, 7) is 0. The standard InChI is InChI=1S/C18H12N2OS/c21-15-8-4-2-6-13(15)11-19-18-20-17-14-7-3-1-5-12(14)9-10-16(17)22-18/h1-11,21H/b19-11+. The summed E-state index contributed by atoms with van der Waals surface area (Å²) in [5.41, 5.74) is 1.67. The first-order valence-corrected chi connectivity index (χ1v) is 7.73. The maximum Gasteiger partial charge on any atom is 0.210 e. The van der Waals surface area contributed by atoms with Crippen molar-refractivity contribution in [2.24, 2.45) is 4.99 Å². The molecule has 4 aromatic rings. The van der Waals surface area contributed by atoms with Crippen LogP contribution in [-0.4, -0.2) is 16.3 Å². The molecule has 1 heterocycles. The second-order valence-corrected chi connectivity index (χ2v) is 5.96. The van der Waals surface area contributed by atoms with Crippen molar-refractivity contribution in [3.05, 3.63) is 66.2 Å². The van der Waals surface area contributed by atoms with Crippen LogP contribution >= 0.6 is 11.3 Å². The third-order valence-corrected chi connectivity index (χ3v) is 4.45. The summed E-state index contributed by atoms with van der Waals surface area (Å²) in [4.78, 5) is 9.03. The fourth-order valence-electron chi connectivity index (χ4n) is 2.43. The molecule has 0 amide bonds. The summed E-state index contributed by atoms with van der Waals surface area (Å²) in [5, 5.41) is 12.8. The van der Waals surface area contributed by atoms with E-state index in [1.807, 2.05) is 24.3 Å². The number of benzene rings is 3. The van der Waals surface area contributed by atoms with Gasteiger partial charge in [0.1, 0.15) is 5.75 Å². The van der Waals surface area contributed by atoms with Gasteiger partial charge in [-0.1, -0.05) is 53.8 Å². The van der Waals surface area contributed by atoms with Gasteiger partial charge in [-0.15, -0.1) is 0 Å². The molecule has 0 atom stereocenters. The summed E-state index contributed by atoms with van der Waals surface area (Å²) < 4.78 is 1.11. The number of phenolic OH excluding ortho intramolecular Hbond substituents is 1. The molecule has 0 fully saturated rings. The Morgan fingerprint density at radius 1 is 0.955 bits per heavy atom. The highest BCUT2D eigenvalue weighted by atomic mass is 32.1. The highest BCUT2D eigenvalue weighted by Gasteiger charge is 2.06. The van der Waals surface area contributed by atoms with E-state index in [0.29, 0.717) is 10.7 Å². The number of aliphatic imine (C=N–C) groups is 1. The van der Waals surface area contributed by atoms with E-state index in [1.165, 1.54) is 5.39 Å². The lowest BCUT2D eigenvalue weighted by Gasteiger charge is -1.96. The van der Waals surface area contributed by atoms with E-state index in [1.54, 1.807) is 29.7 Å². The van der Waals surface area contributed by atoms with Crippen LogP contribution in [0.3, 0.4) is 0 Å². The highest BCUT2D eigenvalue weighted by molar-refractivity contribution is 7.22. The number of nitrogens with zero attached hydrogens (tertiary/aromatic N) is 2. The Bertz CT molecular complexity index is 1000. The molecule has 22 heavy (non-hydrogen) atoms. The van der Waals surface area contributed by atoms with Gasteiger partial charge >= 0.3 is 0 Å². The quantitative estimate of drug-likeness (QED) is 0.535. The van der Waals surface area contributed by atoms with Crippen molar-refractivity contribution in [3.63, 3.8) is 0 Å². The van der Waals surface area contributed by atoms with Crippen molar-refractivity contribution in [2.45, 2.75) is 0 Å². The van der Waals surface area contributed by atoms with Crippen LogP contribution in [0.2, 0.25) is 0 Å². The molecule has 1 N–H and O–H groups in total. The minimum Gasteiger partial charge on any atom is -0.507 e. The number of hydrogen-bond acceptors (Lipinski definition) is 4. The van der Waals surface area contributed by atoms with Crippen LogP contribution in [0, 0.1) is 0 Å². The van der Waals surface area contributed by atoms with Gasteiger partial charge < -0.3 is 5.11 Å². The van der Waals surface area contributed by atoms with E-state index in [4.69, 9.17) is 0 Å². The molecule has 106 valence electrons. The first-order valence-electron chi connectivity index (χ1n) is 6.91. The minimum absolute atomic E-state index is 0.220. The number of aromatic nitrogens is 1. The maximum absolute atomic E-state index is 9.76. The number of thiazole rings is 1. The maximum atomic E-state index is 9.76. The zero-order chi connectivity index (χ0) is 14.9. The van der Waals surface area contributed by atoms with Crippen molar-refractivity contribution in [1.29, 1.82) is 0 Å². The van der Waals surface area contributed by atoms with E-state index in [-0.39, 0.29) is 5.75 Å². The number of aromatic hydroxyl groups is 1. The predicted molar refractivity (Wildman–Crippen MR) is 92.5 cm³/mol. The monoisotopic (exact) mass is 304 g/mol. The van der Waals surface area contributed by atoms with Gasteiger partial charge in [0.05, 0.1) is 10.2 Å². The largest absolute Gasteiger partial charge is 0.507 e. The van der Waals surface area contributed by atoms with Crippen LogP contribution in [0.25, 0.3) is 21.0 Å². The summed E-state index contributed by atoms with van der Waals surface area (Å²) in [6, 6.07) is 19.5. The zero-order valence-electron chi connectivity index (χ0n) is 11.6.